The summed E-state index contributed by atoms with van der Waals surface area (Å²) in [7, 11) is 0. The minimum absolute atomic E-state index is 0.246. The number of hydrogen-bond acceptors (Lipinski definition) is 7. The number of carbonyl (C=O) groups is 1. The van der Waals surface area contributed by atoms with Gasteiger partial charge >= 0.3 is 6.09 Å². The Bertz CT molecular complexity index is 1280. The lowest BCUT2D eigenvalue weighted by atomic mass is 10.0. The van der Waals surface area contributed by atoms with E-state index < -0.39 is 5.60 Å². The standard InChI is InChI=1S/C28H37N7O2/c1-7-35-26(18(2)3)24-22(32-35)14-19-16-30-23(31-25(19)24)15-20-8-9-21(17-29-20)33-10-12-34(13-11-33)27(36)37-28(4,5)6/h8-9,16-18H,7,10-15H2,1-6H3. The second-order valence-electron chi connectivity index (χ2n) is 11.2. The Morgan fingerprint density at radius 2 is 1.84 bits per heavy atom. The van der Waals surface area contributed by atoms with Crippen LogP contribution in [0.5, 0.6) is 0 Å². The molecule has 1 amide bonds. The van der Waals surface area contributed by atoms with Crippen LogP contribution in [-0.2, 0) is 24.1 Å². The third kappa shape index (κ3) is 5.17. The molecule has 0 spiro atoms. The molecular formula is C28H37N7O2. The third-order valence-corrected chi connectivity index (χ3v) is 6.86. The van der Waals surface area contributed by atoms with Gasteiger partial charge in [0.1, 0.15) is 11.4 Å². The van der Waals surface area contributed by atoms with Crippen LogP contribution in [0.4, 0.5) is 10.5 Å². The van der Waals surface area contributed by atoms with Crippen LogP contribution < -0.4 is 4.90 Å². The van der Waals surface area contributed by atoms with Gasteiger partial charge in [0.2, 0.25) is 0 Å². The van der Waals surface area contributed by atoms with Crippen LogP contribution in [0.3, 0.4) is 0 Å². The lowest BCUT2D eigenvalue weighted by Gasteiger charge is -2.36. The van der Waals surface area contributed by atoms with Crippen LogP contribution in [0.25, 0.3) is 11.3 Å². The molecule has 0 unspecified atom stereocenters. The van der Waals surface area contributed by atoms with Crippen molar-refractivity contribution in [2.45, 2.75) is 72.4 Å². The molecule has 2 aliphatic rings. The Kier molecular flexibility index (Phi) is 6.64. The van der Waals surface area contributed by atoms with E-state index in [0.717, 1.165) is 60.2 Å². The van der Waals surface area contributed by atoms with Crippen molar-refractivity contribution < 1.29 is 9.53 Å². The van der Waals surface area contributed by atoms with Gasteiger partial charge in [0, 0.05) is 62.2 Å². The van der Waals surface area contributed by atoms with Crippen molar-refractivity contribution in [2.24, 2.45) is 0 Å². The first-order valence-electron chi connectivity index (χ1n) is 13.3. The molecule has 0 bridgehead atoms. The molecule has 0 saturated carbocycles. The first-order chi connectivity index (χ1) is 17.6. The zero-order valence-corrected chi connectivity index (χ0v) is 22.8. The van der Waals surface area contributed by atoms with Gasteiger partial charge in [-0.25, -0.2) is 14.8 Å². The van der Waals surface area contributed by atoms with E-state index in [1.807, 2.05) is 39.2 Å². The van der Waals surface area contributed by atoms with Gasteiger partial charge in [0.25, 0.3) is 0 Å². The molecule has 0 atom stereocenters. The monoisotopic (exact) mass is 503 g/mol. The maximum absolute atomic E-state index is 12.3. The van der Waals surface area contributed by atoms with Crippen LogP contribution >= 0.6 is 0 Å². The number of piperazine rings is 1. The number of amides is 1. The maximum Gasteiger partial charge on any atom is 0.410 e. The van der Waals surface area contributed by atoms with Gasteiger partial charge in [-0.1, -0.05) is 13.8 Å². The number of aryl methyl sites for hydroxylation is 1. The Hall–Kier alpha value is -3.49. The van der Waals surface area contributed by atoms with E-state index in [4.69, 9.17) is 19.8 Å². The molecule has 0 aromatic carbocycles. The van der Waals surface area contributed by atoms with Gasteiger partial charge in [0.15, 0.2) is 0 Å². The molecule has 9 heteroatoms. The fourth-order valence-corrected chi connectivity index (χ4v) is 5.13. The number of pyridine rings is 1. The van der Waals surface area contributed by atoms with E-state index >= 15 is 0 Å². The number of carbonyl (C=O) groups excluding carboxylic acids is 1. The van der Waals surface area contributed by atoms with Gasteiger partial charge in [-0.2, -0.15) is 5.10 Å². The molecule has 5 rings (SSSR count). The summed E-state index contributed by atoms with van der Waals surface area (Å²) in [5.41, 5.74) is 7.26. The fraction of sp³-hybridized carbons (Fsp3) is 0.536. The number of rotatable bonds is 5. The molecule has 0 N–H and O–H groups in total. The predicted molar refractivity (Wildman–Crippen MR) is 143 cm³/mol. The van der Waals surface area contributed by atoms with Crippen molar-refractivity contribution >= 4 is 11.8 Å². The molecule has 3 aromatic heterocycles. The predicted octanol–water partition coefficient (Wildman–Crippen LogP) is 4.43. The smallest absolute Gasteiger partial charge is 0.410 e. The highest BCUT2D eigenvalue weighted by atomic mass is 16.6. The normalized spacial score (nSPS) is 15.2. The van der Waals surface area contributed by atoms with E-state index in [1.54, 1.807) is 4.90 Å². The van der Waals surface area contributed by atoms with Crippen LogP contribution in [-0.4, -0.2) is 67.5 Å². The van der Waals surface area contributed by atoms with Gasteiger partial charge in [0.05, 0.1) is 35.4 Å². The number of hydrogen-bond donors (Lipinski definition) is 0. The molecule has 0 radical (unpaired) electrons. The Morgan fingerprint density at radius 3 is 2.46 bits per heavy atom. The van der Waals surface area contributed by atoms with Crippen LogP contribution in [0.15, 0.2) is 24.5 Å². The highest BCUT2D eigenvalue weighted by Gasteiger charge is 2.30. The van der Waals surface area contributed by atoms with E-state index in [-0.39, 0.29) is 6.09 Å². The average Bonchev–Trinajstić information content (AvgIpc) is 3.39. The molecule has 9 nitrogen and oxygen atoms in total. The molecule has 1 saturated heterocycles. The van der Waals surface area contributed by atoms with Crippen molar-refractivity contribution in [3.63, 3.8) is 0 Å². The summed E-state index contributed by atoms with van der Waals surface area (Å²) >= 11 is 0. The van der Waals surface area contributed by atoms with E-state index in [2.05, 4.69) is 41.4 Å². The van der Waals surface area contributed by atoms with E-state index in [1.165, 1.54) is 11.3 Å². The summed E-state index contributed by atoms with van der Waals surface area (Å²) in [6.45, 7) is 15.9. The number of aromatic nitrogens is 5. The van der Waals surface area contributed by atoms with Gasteiger partial charge in [-0.3, -0.25) is 9.67 Å². The molecule has 3 aromatic rings. The Morgan fingerprint density at radius 1 is 1.08 bits per heavy atom. The summed E-state index contributed by atoms with van der Waals surface area (Å²) in [5.74, 6) is 1.15. The number of fused-ring (bicyclic) bond motifs is 3. The van der Waals surface area contributed by atoms with Crippen molar-refractivity contribution in [1.29, 1.82) is 0 Å². The molecular weight excluding hydrogens is 466 g/mol. The number of ether oxygens (including phenoxy) is 1. The minimum atomic E-state index is -0.479. The highest BCUT2D eigenvalue weighted by molar-refractivity contribution is 5.74. The van der Waals surface area contributed by atoms with Gasteiger partial charge in [-0.05, 0) is 45.7 Å². The third-order valence-electron chi connectivity index (χ3n) is 6.86. The molecule has 196 valence electrons. The number of nitrogens with zero attached hydrogens (tertiary/aromatic N) is 7. The van der Waals surface area contributed by atoms with Crippen molar-refractivity contribution in [2.75, 3.05) is 31.1 Å². The van der Waals surface area contributed by atoms with Crippen molar-refractivity contribution in [3.8, 4) is 11.3 Å². The van der Waals surface area contributed by atoms with Crippen molar-refractivity contribution in [3.05, 3.63) is 53.0 Å². The van der Waals surface area contributed by atoms with E-state index in [9.17, 15) is 4.79 Å². The van der Waals surface area contributed by atoms with Gasteiger partial charge in [-0.15, -0.1) is 0 Å². The lowest BCUT2D eigenvalue weighted by Crippen LogP contribution is -2.50. The largest absolute Gasteiger partial charge is 0.444 e. The zero-order chi connectivity index (χ0) is 26.3. The second-order valence-corrected chi connectivity index (χ2v) is 11.2. The van der Waals surface area contributed by atoms with Crippen LogP contribution in [0, 0.1) is 0 Å². The molecule has 37 heavy (non-hydrogen) atoms. The Balaban J connectivity index is 1.25. The number of anilines is 1. The molecule has 1 fully saturated rings. The molecule has 1 aliphatic carbocycles. The molecule has 1 aliphatic heterocycles. The van der Waals surface area contributed by atoms with Gasteiger partial charge < -0.3 is 14.5 Å². The second kappa shape index (κ2) is 9.76. The first kappa shape index (κ1) is 25.2. The van der Waals surface area contributed by atoms with Crippen LogP contribution in [0.2, 0.25) is 0 Å². The highest BCUT2D eigenvalue weighted by Crippen LogP contribution is 2.40. The summed E-state index contributed by atoms with van der Waals surface area (Å²) in [6, 6.07) is 4.14. The maximum atomic E-state index is 12.3. The first-order valence-corrected chi connectivity index (χ1v) is 13.3. The minimum Gasteiger partial charge on any atom is -0.444 e. The summed E-state index contributed by atoms with van der Waals surface area (Å²) < 4.78 is 7.62. The Labute approximate surface area is 218 Å². The summed E-state index contributed by atoms with van der Waals surface area (Å²) in [5, 5.41) is 4.85. The topological polar surface area (TPSA) is 89.3 Å². The summed E-state index contributed by atoms with van der Waals surface area (Å²) in [6.07, 6.45) is 4.99. The molecule has 4 heterocycles. The lowest BCUT2D eigenvalue weighted by molar-refractivity contribution is 0.0240. The fourth-order valence-electron chi connectivity index (χ4n) is 5.13. The SMILES string of the molecule is CCn1nc2c(c1C(C)C)-c1nc(Cc3ccc(N4CCN(C(=O)OC(C)(C)C)CC4)cn3)ncc1C2. The quantitative estimate of drug-likeness (QED) is 0.398. The van der Waals surface area contributed by atoms with Crippen LogP contribution in [0.1, 0.15) is 75.9 Å². The summed E-state index contributed by atoms with van der Waals surface area (Å²) in [4.78, 5) is 30.7. The van der Waals surface area contributed by atoms with Crippen molar-refractivity contribution in [1.82, 2.24) is 29.6 Å². The average molecular weight is 504 g/mol. The zero-order valence-electron chi connectivity index (χ0n) is 22.8. The van der Waals surface area contributed by atoms with E-state index in [0.29, 0.717) is 25.4 Å².